The minimum absolute atomic E-state index is 0.268. The molecule has 5 nitrogen and oxygen atoms in total. The first-order valence-corrected chi connectivity index (χ1v) is 10.6. The van der Waals surface area contributed by atoms with Crippen LogP contribution in [0.3, 0.4) is 0 Å². The van der Waals surface area contributed by atoms with E-state index in [1.807, 2.05) is 0 Å². The summed E-state index contributed by atoms with van der Waals surface area (Å²) in [5, 5.41) is 28.5. The Labute approximate surface area is 159 Å². The highest BCUT2D eigenvalue weighted by Crippen LogP contribution is 2.20. The second-order valence-electron chi connectivity index (χ2n) is 7.32. The summed E-state index contributed by atoms with van der Waals surface area (Å²) in [5.74, 6) is 0. The predicted octanol–water partition coefficient (Wildman–Crippen LogP) is 3.35. The molecule has 1 heterocycles. The zero-order valence-electron chi connectivity index (χ0n) is 16.5. The van der Waals surface area contributed by atoms with Gasteiger partial charge in [0, 0.05) is 6.61 Å². The van der Waals surface area contributed by atoms with Crippen LogP contribution in [0.4, 0.5) is 0 Å². The lowest BCUT2D eigenvalue weighted by Gasteiger charge is -2.20. The van der Waals surface area contributed by atoms with Gasteiger partial charge in [0.15, 0.2) is 0 Å². The molecule has 4 atom stereocenters. The summed E-state index contributed by atoms with van der Waals surface area (Å²) in [4.78, 5) is 0. The average molecular weight is 373 g/mol. The summed E-state index contributed by atoms with van der Waals surface area (Å²) >= 11 is 0. The fourth-order valence-electron chi connectivity index (χ4n) is 3.26. The van der Waals surface area contributed by atoms with Gasteiger partial charge in [-0.05, 0) is 32.1 Å². The molecule has 154 valence electrons. The third-order valence-electron chi connectivity index (χ3n) is 4.97. The van der Waals surface area contributed by atoms with Gasteiger partial charge in [0.25, 0.3) is 0 Å². The number of aliphatic hydroxyl groups excluding tert-OH is 3. The Balaban J connectivity index is 1.90. The van der Waals surface area contributed by atoms with E-state index in [1.165, 1.54) is 44.9 Å². The number of ether oxygens (including phenoxy) is 2. The summed E-state index contributed by atoms with van der Waals surface area (Å²) in [6.45, 7) is 2.70. The Bertz CT molecular complexity index is 347. The standard InChI is InChI=1S/C21H40O5/c1-2-3-4-5-6-7-8-9-10-11-12-13-14-15-25-19-17-26-21(20(19)24)18(23)16-22/h9-10,18-24H,2-8,11-17H2,1H3/b10-9+/t18-,19+,20-,21-/m1/s1. The van der Waals surface area contributed by atoms with E-state index in [0.717, 1.165) is 25.7 Å². The van der Waals surface area contributed by atoms with Crippen LogP contribution in [-0.2, 0) is 9.47 Å². The highest BCUT2D eigenvalue weighted by molar-refractivity contribution is 4.88. The molecule has 1 saturated heterocycles. The van der Waals surface area contributed by atoms with Crippen LogP contribution in [0.2, 0.25) is 0 Å². The van der Waals surface area contributed by atoms with Crippen LogP contribution in [0.1, 0.15) is 77.6 Å². The highest BCUT2D eigenvalue weighted by Gasteiger charge is 2.40. The molecule has 0 amide bonds. The Hall–Kier alpha value is -0.460. The van der Waals surface area contributed by atoms with Crippen molar-refractivity contribution in [3.05, 3.63) is 12.2 Å². The van der Waals surface area contributed by atoms with Crippen LogP contribution in [0.15, 0.2) is 12.2 Å². The van der Waals surface area contributed by atoms with Crippen molar-refractivity contribution in [1.82, 2.24) is 0 Å². The van der Waals surface area contributed by atoms with Gasteiger partial charge in [-0.1, -0.05) is 57.6 Å². The second-order valence-corrected chi connectivity index (χ2v) is 7.32. The summed E-state index contributed by atoms with van der Waals surface area (Å²) in [6.07, 6.45) is 15.2. The van der Waals surface area contributed by atoms with Gasteiger partial charge in [-0.25, -0.2) is 0 Å². The Morgan fingerprint density at radius 3 is 2.27 bits per heavy atom. The van der Waals surface area contributed by atoms with Gasteiger partial charge < -0.3 is 24.8 Å². The first-order chi connectivity index (χ1) is 12.7. The molecule has 0 radical (unpaired) electrons. The molecule has 26 heavy (non-hydrogen) atoms. The van der Waals surface area contributed by atoms with Crippen LogP contribution >= 0.6 is 0 Å². The number of aliphatic hydroxyl groups is 3. The van der Waals surface area contributed by atoms with Crippen molar-refractivity contribution in [2.45, 2.75) is 102 Å². The highest BCUT2D eigenvalue weighted by atomic mass is 16.6. The lowest BCUT2D eigenvalue weighted by atomic mass is 10.1. The number of hydrogen-bond acceptors (Lipinski definition) is 5. The molecule has 0 unspecified atom stereocenters. The molecule has 0 saturated carbocycles. The maximum atomic E-state index is 10.0. The van der Waals surface area contributed by atoms with Crippen molar-refractivity contribution < 1.29 is 24.8 Å². The van der Waals surface area contributed by atoms with Gasteiger partial charge in [0.2, 0.25) is 0 Å². The van der Waals surface area contributed by atoms with Crippen LogP contribution in [0.25, 0.3) is 0 Å². The molecule has 0 spiro atoms. The van der Waals surface area contributed by atoms with Gasteiger partial charge >= 0.3 is 0 Å². The fraction of sp³-hybridized carbons (Fsp3) is 0.905. The minimum atomic E-state index is -1.05. The van der Waals surface area contributed by atoms with Crippen molar-refractivity contribution in [3.8, 4) is 0 Å². The summed E-state index contributed by atoms with van der Waals surface area (Å²) in [7, 11) is 0. The van der Waals surface area contributed by atoms with Crippen molar-refractivity contribution >= 4 is 0 Å². The van der Waals surface area contributed by atoms with Crippen molar-refractivity contribution in [1.29, 1.82) is 0 Å². The first-order valence-electron chi connectivity index (χ1n) is 10.6. The normalized spacial score (nSPS) is 24.5. The van der Waals surface area contributed by atoms with E-state index >= 15 is 0 Å². The van der Waals surface area contributed by atoms with Gasteiger partial charge in [-0.15, -0.1) is 0 Å². The lowest BCUT2D eigenvalue weighted by molar-refractivity contribution is -0.0730. The van der Waals surface area contributed by atoms with Gasteiger partial charge in [0.1, 0.15) is 24.4 Å². The minimum Gasteiger partial charge on any atom is -0.394 e. The Morgan fingerprint density at radius 2 is 1.62 bits per heavy atom. The zero-order valence-corrected chi connectivity index (χ0v) is 16.5. The SMILES string of the molecule is CCCCCCCC/C=C/CCCCCO[C@H]1CO[C@H]([C@H](O)CO)[C@@H]1O. The van der Waals surface area contributed by atoms with Crippen LogP contribution in [0.5, 0.6) is 0 Å². The van der Waals surface area contributed by atoms with Crippen LogP contribution < -0.4 is 0 Å². The van der Waals surface area contributed by atoms with Crippen LogP contribution in [-0.4, -0.2) is 59.6 Å². The third-order valence-corrected chi connectivity index (χ3v) is 4.97. The molecule has 0 aromatic carbocycles. The molecule has 5 heteroatoms. The zero-order chi connectivity index (χ0) is 19.0. The summed E-state index contributed by atoms with van der Waals surface area (Å²) in [5.41, 5.74) is 0. The molecule has 1 aliphatic rings. The molecule has 0 aromatic rings. The maximum absolute atomic E-state index is 10.0. The molecule has 1 fully saturated rings. The summed E-state index contributed by atoms with van der Waals surface area (Å²) < 4.78 is 11.0. The smallest absolute Gasteiger partial charge is 0.114 e. The van der Waals surface area contributed by atoms with Gasteiger partial charge in [-0.2, -0.15) is 0 Å². The van der Waals surface area contributed by atoms with E-state index in [1.54, 1.807) is 0 Å². The van der Waals surface area contributed by atoms with Crippen molar-refractivity contribution in [2.24, 2.45) is 0 Å². The Morgan fingerprint density at radius 1 is 1.00 bits per heavy atom. The molecule has 0 aliphatic carbocycles. The van der Waals surface area contributed by atoms with E-state index in [-0.39, 0.29) is 6.61 Å². The average Bonchev–Trinajstić information content (AvgIpc) is 3.02. The summed E-state index contributed by atoms with van der Waals surface area (Å²) in [6, 6.07) is 0. The number of unbranched alkanes of at least 4 members (excludes halogenated alkanes) is 9. The van der Waals surface area contributed by atoms with E-state index in [0.29, 0.717) is 6.61 Å². The molecule has 1 rings (SSSR count). The van der Waals surface area contributed by atoms with Crippen molar-refractivity contribution in [2.75, 3.05) is 19.8 Å². The fourth-order valence-corrected chi connectivity index (χ4v) is 3.26. The lowest BCUT2D eigenvalue weighted by Crippen LogP contribution is -2.41. The predicted molar refractivity (Wildman–Crippen MR) is 104 cm³/mol. The number of hydrogen-bond donors (Lipinski definition) is 3. The van der Waals surface area contributed by atoms with Gasteiger partial charge in [-0.3, -0.25) is 0 Å². The molecular formula is C21H40O5. The quantitative estimate of drug-likeness (QED) is 0.286. The van der Waals surface area contributed by atoms with E-state index in [9.17, 15) is 10.2 Å². The topological polar surface area (TPSA) is 79.2 Å². The van der Waals surface area contributed by atoms with Crippen molar-refractivity contribution in [3.63, 3.8) is 0 Å². The second kappa shape index (κ2) is 15.6. The van der Waals surface area contributed by atoms with E-state index in [4.69, 9.17) is 14.6 Å². The van der Waals surface area contributed by atoms with Crippen LogP contribution in [0, 0.1) is 0 Å². The van der Waals surface area contributed by atoms with Gasteiger partial charge in [0.05, 0.1) is 13.2 Å². The first kappa shape index (κ1) is 23.6. The number of allylic oxidation sites excluding steroid dienone is 2. The molecule has 3 N–H and O–H groups in total. The third kappa shape index (κ3) is 10.0. The molecular weight excluding hydrogens is 332 g/mol. The van der Waals surface area contributed by atoms with E-state index in [2.05, 4.69) is 19.1 Å². The largest absolute Gasteiger partial charge is 0.394 e. The molecule has 1 aliphatic heterocycles. The molecule has 0 aromatic heterocycles. The molecule has 0 bridgehead atoms. The number of rotatable bonds is 16. The monoisotopic (exact) mass is 372 g/mol. The van der Waals surface area contributed by atoms with E-state index < -0.39 is 31.0 Å². The Kier molecular flexibility index (Phi) is 14.1. The maximum Gasteiger partial charge on any atom is 0.114 e.